The predicted molar refractivity (Wildman–Crippen MR) is 69.9 cm³/mol. The van der Waals surface area contributed by atoms with Crippen molar-refractivity contribution in [3.8, 4) is 0 Å². The van der Waals surface area contributed by atoms with Crippen molar-refractivity contribution in [1.29, 1.82) is 0 Å². The van der Waals surface area contributed by atoms with E-state index in [1.165, 1.54) is 17.5 Å². The van der Waals surface area contributed by atoms with E-state index < -0.39 is 0 Å². The maximum absolute atomic E-state index is 3.61. The first-order chi connectivity index (χ1) is 7.49. The van der Waals surface area contributed by atoms with Gasteiger partial charge in [0, 0.05) is 11.0 Å². The molecule has 1 fully saturated rings. The number of rotatable bonds is 2. The van der Waals surface area contributed by atoms with Gasteiger partial charge < -0.3 is 5.32 Å². The normalized spacial score (nSPS) is 28.2. The molecule has 0 aliphatic carbocycles. The highest BCUT2D eigenvalue weighted by molar-refractivity contribution is 5.33. The van der Waals surface area contributed by atoms with Gasteiger partial charge in [-0.1, -0.05) is 38.1 Å². The number of hydrogen-bond donors (Lipinski definition) is 1. The van der Waals surface area contributed by atoms with Crippen molar-refractivity contribution in [2.45, 2.75) is 51.5 Å². The van der Waals surface area contributed by atoms with Crippen LogP contribution >= 0.6 is 0 Å². The van der Waals surface area contributed by atoms with Gasteiger partial charge in [0.25, 0.3) is 0 Å². The monoisotopic (exact) mass is 217 g/mol. The molecule has 0 amide bonds. The first-order valence-corrected chi connectivity index (χ1v) is 6.34. The Labute approximate surface area is 99.3 Å². The highest BCUT2D eigenvalue weighted by Gasteiger charge is 2.45. The largest absolute Gasteiger partial charge is 0.311 e. The second-order valence-electron chi connectivity index (χ2n) is 5.68. The molecule has 0 spiro atoms. The third kappa shape index (κ3) is 1.67. The van der Waals surface area contributed by atoms with Crippen LogP contribution in [0, 0.1) is 0 Å². The second-order valence-corrected chi connectivity index (χ2v) is 5.68. The molecule has 1 unspecified atom stereocenters. The molecule has 2 rings (SSSR count). The van der Waals surface area contributed by atoms with Crippen molar-refractivity contribution in [3.05, 3.63) is 35.4 Å². The summed E-state index contributed by atoms with van der Waals surface area (Å²) in [6, 6.07) is 9.17. The van der Waals surface area contributed by atoms with E-state index in [9.17, 15) is 0 Å². The van der Waals surface area contributed by atoms with Crippen LogP contribution in [0.4, 0.5) is 0 Å². The SMILES string of the molecule is CCc1ccc(C2(C)CCNC2(C)C)cc1. The standard InChI is InChI=1S/C15H23N/c1-5-12-6-8-13(9-7-12)15(4)10-11-16-14(15,2)3/h6-9,16H,5,10-11H2,1-4H3. The Morgan fingerprint density at radius 2 is 1.75 bits per heavy atom. The Morgan fingerprint density at radius 3 is 2.19 bits per heavy atom. The highest BCUT2D eigenvalue weighted by atomic mass is 15.0. The van der Waals surface area contributed by atoms with Crippen LogP contribution in [0.25, 0.3) is 0 Å². The average Bonchev–Trinajstić information content (AvgIpc) is 2.55. The van der Waals surface area contributed by atoms with E-state index in [1.54, 1.807) is 0 Å². The van der Waals surface area contributed by atoms with Gasteiger partial charge in [-0.2, -0.15) is 0 Å². The first-order valence-electron chi connectivity index (χ1n) is 6.34. The molecular weight excluding hydrogens is 194 g/mol. The fourth-order valence-corrected chi connectivity index (χ4v) is 2.75. The van der Waals surface area contributed by atoms with Crippen LogP contribution in [0.2, 0.25) is 0 Å². The van der Waals surface area contributed by atoms with Crippen molar-refractivity contribution < 1.29 is 0 Å². The Hall–Kier alpha value is -0.820. The van der Waals surface area contributed by atoms with E-state index in [0.717, 1.165) is 13.0 Å². The molecule has 1 saturated heterocycles. The van der Waals surface area contributed by atoms with Gasteiger partial charge in [-0.05, 0) is 44.4 Å². The van der Waals surface area contributed by atoms with Gasteiger partial charge in [0.2, 0.25) is 0 Å². The van der Waals surface area contributed by atoms with Gasteiger partial charge in [0.15, 0.2) is 0 Å². The van der Waals surface area contributed by atoms with Crippen molar-refractivity contribution in [3.63, 3.8) is 0 Å². The molecule has 0 bridgehead atoms. The molecule has 16 heavy (non-hydrogen) atoms. The van der Waals surface area contributed by atoms with Crippen molar-refractivity contribution in [2.24, 2.45) is 0 Å². The molecule has 0 radical (unpaired) electrons. The summed E-state index contributed by atoms with van der Waals surface area (Å²) in [7, 11) is 0. The molecule has 1 N–H and O–H groups in total. The second kappa shape index (κ2) is 3.89. The number of nitrogens with one attached hydrogen (secondary N) is 1. The van der Waals surface area contributed by atoms with Gasteiger partial charge in [-0.15, -0.1) is 0 Å². The van der Waals surface area contributed by atoms with Crippen LogP contribution in [0.5, 0.6) is 0 Å². The van der Waals surface area contributed by atoms with Crippen molar-refractivity contribution >= 4 is 0 Å². The zero-order chi connectivity index (χ0) is 11.8. The van der Waals surface area contributed by atoms with Crippen molar-refractivity contribution in [1.82, 2.24) is 5.32 Å². The van der Waals surface area contributed by atoms with Gasteiger partial charge >= 0.3 is 0 Å². The quantitative estimate of drug-likeness (QED) is 0.801. The lowest BCUT2D eigenvalue weighted by Gasteiger charge is -2.38. The summed E-state index contributed by atoms with van der Waals surface area (Å²) in [5.41, 5.74) is 3.36. The molecule has 1 nitrogen and oxygen atoms in total. The maximum Gasteiger partial charge on any atom is 0.0219 e. The summed E-state index contributed by atoms with van der Waals surface area (Å²) < 4.78 is 0. The third-order valence-corrected chi connectivity index (χ3v) is 4.57. The van der Waals surface area contributed by atoms with Gasteiger partial charge in [0.05, 0.1) is 0 Å². The lowest BCUT2D eigenvalue weighted by atomic mass is 9.69. The number of hydrogen-bond acceptors (Lipinski definition) is 1. The van der Waals surface area contributed by atoms with E-state index in [-0.39, 0.29) is 11.0 Å². The smallest absolute Gasteiger partial charge is 0.0219 e. The summed E-state index contributed by atoms with van der Waals surface area (Å²) in [5.74, 6) is 0. The zero-order valence-corrected chi connectivity index (χ0v) is 10.9. The van der Waals surface area contributed by atoms with E-state index in [1.807, 2.05) is 0 Å². The molecule has 1 heterocycles. The predicted octanol–water partition coefficient (Wildman–Crippen LogP) is 3.28. The van der Waals surface area contributed by atoms with Crippen LogP contribution in [0.15, 0.2) is 24.3 Å². The molecule has 0 saturated carbocycles. The minimum absolute atomic E-state index is 0.195. The number of benzene rings is 1. The van der Waals surface area contributed by atoms with Crippen LogP contribution in [-0.2, 0) is 11.8 Å². The molecule has 88 valence electrons. The molecular formula is C15H23N. The molecule has 1 heteroatoms. The van der Waals surface area contributed by atoms with Crippen LogP contribution in [0.3, 0.4) is 0 Å². The molecule has 1 atom stereocenters. The van der Waals surface area contributed by atoms with Gasteiger partial charge in [0.1, 0.15) is 0 Å². The lowest BCUT2D eigenvalue weighted by Crippen LogP contribution is -2.47. The molecule has 1 aromatic rings. The average molecular weight is 217 g/mol. The zero-order valence-electron chi connectivity index (χ0n) is 10.9. The Kier molecular flexibility index (Phi) is 2.83. The van der Waals surface area contributed by atoms with Crippen LogP contribution in [-0.4, -0.2) is 12.1 Å². The highest BCUT2D eigenvalue weighted by Crippen LogP contribution is 2.41. The fraction of sp³-hybridized carbons (Fsp3) is 0.600. The van der Waals surface area contributed by atoms with E-state index in [2.05, 4.69) is 57.3 Å². The van der Waals surface area contributed by atoms with E-state index >= 15 is 0 Å². The van der Waals surface area contributed by atoms with Gasteiger partial charge in [-0.3, -0.25) is 0 Å². The Morgan fingerprint density at radius 1 is 1.12 bits per heavy atom. The Balaban J connectivity index is 2.35. The fourth-order valence-electron chi connectivity index (χ4n) is 2.75. The summed E-state index contributed by atoms with van der Waals surface area (Å²) >= 11 is 0. The third-order valence-electron chi connectivity index (χ3n) is 4.57. The molecule has 1 aromatic carbocycles. The van der Waals surface area contributed by atoms with Crippen LogP contribution < -0.4 is 5.32 Å². The van der Waals surface area contributed by atoms with E-state index in [0.29, 0.717) is 0 Å². The molecule has 0 aromatic heterocycles. The number of aryl methyl sites for hydroxylation is 1. The summed E-state index contributed by atoms with van der Waals surface area (Å²) in [6.45, 7) is 10.3. The minimum Gasteiger partial charge on any atom is -0.311 e. The lowest BCUT2D eigenvalue weighted by molar-refractivity contribution is 0.297. The minimum atomic E-state index is 0.195. The Bertz CT molecular complexity index is 364. The van der Waals surface area contributed by atoms with E-state index in [4.69, 9.17) is 0 Å². The van der Waals surface area contributed by atoms with Gasteiger partial charge in [-0.25, -0.2) is 0 Å². The topological polar surface area (TPSA) is 12.0 Å². The maximum atomic E-state index is 3.61. The molecule has 1 aliphatic heterocycles. The summed E-state index contributed by atoms with van der Waals surface area (Å²) in [6.07, 6.45) is 2.35. The molecule has 1 aliphatic rings. The first kappa shape index (κ1) is 11.7. The van der Waals surface area contributed by atoms with Crippen molar-refractivity contribution in [2.75, 3.05) is 6.54 Å². The van der Waals surface area contributed by atoms with Crippen LogP contribution in [0.1, 0.15) is 45.2 Å². The summed E-state index contributed by atoms with van der Waals surface area (Å²) in [4.78, 5) is 0. The summed E-state index contributed by atoms with van der Waals surface area (Å²) in [5, 5.41) is 3.61.